The van der Waals surface area contributed by atoms with Crippen molar-refractivity contribution in [2.24, 2.45) is 23.7 Å². The number of amides is 1. The molecule has 4 fully saturated rings. The van der Waals surface area contributed by atoms with Crippen LogP contribution in [0.4, 0.5) is 0 Å². The van der Waals surface area contributed by atoms with E-state index in [1.54, 1.807) is 0 Å². The maximum absolute atomic E-state index is 12.6. The lowest BCUT2D eigenvalue weighted by Crippen LogP contribution is -2.56. The molecule has 4 rings (SSSR count). The minimum atomic E-state index is -2.04. The van der Waals surface area contributed by atoms with Crippen LogP contribution in [0.15, 0.2) is 11.3 Å². The number of hydrogen-bond acceptors (Lipinski definition) is 3. The zero-order chi connectivity index (χ0) is 16.9. The second kappa shape index (κ2) is 6.12. The van der Waals surface area contributed by atoms with E-state index in [0.717, 1.165) is 37.5 Å². The van der Waals surface area contributed by atoms with Crippen molar-refractivity contribution in [1.82, 2.24) is 5.32 Å². The molecule has 0 heterocycles. The molecule has 0 aromatic carbocycles. The third kappa shape index (κ3) is 3.35. The Hall–Kier alpha value is -0.450. The lowest BCUT2D eigenvalue weighted by Gasteiger charge is -2.54. The van der Waals surface area contributed by atoms with Gasteiger partial charge in [0.15, 0.2) is 0 Å². The van der Waals surface area contributed by atoms with Crippen molar-refractivity contribution in [3.63, 3.8) is 0 Å². The van der Waals surface area contributed by atoms with Gasteiger partial charge in [-0.25, -0.2) is 0 Å². The van der Waals surface area contributed by atoms with Gasteiger partial charge >= 0.3 is 0 Å². The summed E-state index contributed by atoms with van der Waals surface area (Å²) in [6.07, 6.45) is 5.99. The molecule has 0 aliphatic heterocycles. The van der Waals surface area contributed by atoms with Gasteiger partial charge in [0.25, 0.3) is 5.91 Å². The number of nitrogens with one attached hydrogen (secondary N) is 2. The van der Waals surface area contributed by atoms with Gasteiger partial charge in [0.2, 0.25) is 3.79 Å². The number of rotatable bonds is 3. The third-order valence-electron chi connectivity index (χ3n) is 5.65. The monoisotopic (exact) mass is 378 g/mol. The highest BCUT2D eigenvalue weighted by Crippen LogP contribution is 2.53. The molecular formula is C16H21Cl3N2O2. The van der Waals surface area contributed by atoms with Crippen molar-refractivity contribution in [2.75, 3.05) is 0 Å². The van der Waals surface area contributed by atoms with Gasteiger partial charge in [-0.1, -0.05) is 34.8 Å². The first-order valence-electron chi connectivity index (χ1n) is 8.03. The quantitative estimate of drug-likeness (QED) is 0.298. The molecule has 23 heavy (non-hydrogen) atoms. The van der Waals surface area contributed by atoms with Crippen LogP contribution < -0.4 is 5.32 Å². The van der Waals surface area contributed by atoms with Crippen molar-refractivity contribution in [3.05, 3.63) is 11.3 Å². The lowest BCUT2D eigenvalue weighted by atomic mass is 9.54. The highest BCUT2D eigenvalue weighted by Gasteiger charge is 2.49. The summed E-state index contributed by atoms with van der Waals surface area (Å²) in [4.78, 5) is 12.6. The summed E-state index contributed by atoms with van der Waals surface area (Å²) >= 11 is 17.1. The molecule has 0 radical (unpaired) electrons. The number of allylic oxidation sites excluding steroid dienone is 1. The zero-order valence-corrected chi connectivity index (χ0v) is 15.2. The molecule has 0 spiro atoms. The van der Waals surface area contributed by atoms with E-state index < -0.39 is 15.4 Å². The molecule has 1 amide bonds. The number of hydrogen-bond donors (Lipinski definition) is 3. The molecule has 4 aliphatic rings. The van der Waals surface area contributed by atoms with Gasteiger partial charge in [-0.05, 0) is 62.7 Å². The Labute approximate surface area is 151 Å². The van der Waals surface area contributed by atoms with Gasteiger partial charge in [-0.3, -0.25) is 10.2 Å². The number of carbonyl (C=O) groups excluding carboxylic acids is 1. The molecule has 4 aliphatic carbocycles. The molecule has 0 unspecified atom stereocenters. The smallest absolute Gasteiger partial charge is 0.256 e. The first-order valence-corrected chi connectivity index (χ1v) is 9.17. The van der Waals surface area contributed by atoms with Crippen LogP contribution in [0.2, 0.25) is 0 Å². The summed E-state index contributed by atoms with van der Waals surface area (Å²) in [5.74, 6) is 1.79. The average Bonchev–Trinajstić information content (AvgIpc) is 2.40. The lowest BCUT2D eigenvalue weighted by molar-refractivity contribution is -0.121. The Morgan fingerprint density at radius 2 is 1.57 bits per heavy atom. The molecule has 0 atom stereocenters. The fourth-order valence-electron chi connectivity index (χ4n) is 4.98. The van der Waals surface area contributed by atoms with E-state index in [2.05, 4.69) is 5.32 Å². The number of aliphatic hydroxyl groups excluding tert-OH is 1. The third-order valence-corrected chi connectivity index (χ3v) is 6.21. The van der Waals surface area contributed by atoms with Crippen molar-refractivity contribution >= 4 is 46.4 Å². The van der Waals surface area contributed by atoms with Crippen LogP contribution >= 0.6 is 34.8 Å². The summed E-state index contributed by atoms with van der Waals surface area (Å²) in [6.45, 7) is 1.33. The fourth-order valence-corrected chi connectivity index (χ4v) is 5.27. The molecule has 7 heteroatoms. The van der Waals surface area contributed by atoms with E-state index in [4.69, 9.17) is 40.2 Å². The Morgan fingerprint density at radius 3 is 1.96 bits per heavy atom. The van der Waals surface area contributed by atoms with Crippen molar-refractivity contribution in [3.8, 4) is 0 Å². The van der Waals surface area contributed by atoms with Gasteiger partial charge in [-0.2, -0.15) is 0 Å². The van der Waals surface area contributed by atoms with E-state index in [-0.39, 0.29) is 17.4 Å². The van der Waals surface area contributed by atoms with E-state index in [0.29, 0.717) is 11.8 Å². The maximum atomic E-state index is 12.6. The number of halogens is 3. The molecule has 3 N–H and O–H groups in total. The highest BCUT2D eigenvalue weighted by molar-refractivity contribution is 6.78. The fraction of sp³-hybridized carbons (Fsp3) is 0.750. The number of carbonyl (C=O) groups is 1. The number of aliphatic hydroxyl groups is 1. The highest BCUT2D eigenvalue weighted by atomic mass is 35.6. The maximum Gasteiger partial charge on any atom is 0.256 e. The minimum absolute atomic E-state index is 0.104. The topological polar surface area (TPSA) is 73.2 Å². The minimum Gasteiger partial charge on any atom is -0.512 e. The predicted octanol–water partition coefficient (Wildman–Crippen LogP) is 4.15. The van der Waals surface area contributed by atoms with Gasteiger partial charge in [-0.15, -0.1) is 0 Å². The molecule has 0 aromatic heterocycles. The second-order valence-corrected chi connectivity index (χ2v) is 9.54. The summed E-state index contributed by atoms with van der Waals surface area (Å²) in [6, 6.07) is 0.104. The van der Waals surface area contributed by atoms with Crippen molar-refractivity contribution < 1.29 is 9.90 Å². The van der Waals surface area contributed by atoms with E-state index in [1.165, 1.54) is 13.3 Å². The molecule has 128 valence electrons. The van der Waals surface area contributed by atoms with E-state index in [9.17, 15) is 9.90 Å². The Kier molecular flexibility index (Phi) is 4.63. The molecule has 0 saturated heterocycles. The van der Waals surface area contributed by atoms with Crippen LogP contribution in [0.25, 0.3) is 0 Å². The number of alkyl halides is 3. The Balaban J connectivity index is 1.76. The summed E-state index contributed by atoms with van der Waals surface area (Å²) in [5.41, 5.74) is -0.734. The molecule has 4 nitrogen and oxygen atoms in total. The predicted molar refractivity (Wildman–Crippen MR) is 92.3 cm³/mol. The Morgan fingerprint density at radius 1 is 1.09 bits per heavy atom. The van der Waals surface area contributed by atoms with Gasteiger partial charge in [0, 0.05) is 6.04 Å². The van der Waals surface area contributed by atoms with Crippen molar-refractivity contribution in [1.29, 1.82) is 5.41 Å². The van der Waals surface area contributed by atoms with Crippen molar-refractivity contribution in [2.45, 2.75) is 48.9 Å². The largest absolute Gasteiger partial charge is 0.512 e. The Bertz CT molecular complexity index is 536. The van der Waals surface area contributed by atoms with Gasteiger partial charge < -0.3 is 10.4 Å². The molecule has 4 saturated carbocycles. The average molecular weight is 380 g/mol. The van der Waals surface area contributed by atoms with Crippen LogP contribution in [-0.2, 0) is 4.79 Å². The summed E-state index contributed by atoms with van der Waals surface area (Å²) in [7, 11) is 0. The standard InChI is InChI=1S/C16H21Cl3N2O2/c1-7(22)12(14(20)16(17,18)19)15(23)21-13-10-3-8-2-9(5-10)6-11(13)4-8/h8-11,13,20,22H,2-6H2,1H3,(H,21,23). The zero-order valence-electron chi connectivity index (χ0n) is 12.9. The van der Waals surface area contributed by atoms with Gasteiger partial charge in [0.1, 0.15) is 11.3 Å². The van der Waals surface area contributed by atoms with Crippen LogP contribution in [0.3, 0.4) is 0 Å². The molecule has 4 bridgehead atoms. The molecule has 0 aromatic rings. The second-order valence-electron chi connectivity index (χ2n) is 7.26. The SMILES string of the molecule is CC(O)=C(C(=N)C(Cl)(Cl)Cl)C(=O)NC1C2CC3CC(C2)CC1C3. The van der Waals surface area contributed by atoms with Crippen LogP contribution in [0.1, 0.15) is 39.0 Å². The van der Waals surface area contributed by atoms with Crippen LogP contribution in [0, 0.1) is 29.1 Å². The van der Waals surface area contributed by atoms with E-state index in [1.807, 2.05) is 0 Å². The summed E-state index contributed by atoms with van der Waals surface area (Å²) in [5, 5.41) is 20.7. The first kappa shape index (κ1) is 17.4. The van der Waals surface area contributed by atoms with Gasteiger partial charge in [0.05, 0.1) is 5.71 Å². The van der Waals surface area contributed by atoms with E-state index >= 15 is 0 Å². The van der Waals surface area contributed by atoms with Crippen LogP contribution in [-0.4, -0.2) is 26.6 Å². The first-order chi connectivity index (χ1) is 10.7. The normalized spacial score (nSPS) is 36.6. The van der Waals surface area contributed by atoms with Crippen LogP contribution in [0.5, 0.6) is 0 Å². The summed E-state index contributed by atoms with van der Waals surface area (Å²) < 4.78 is -2.04. The molecular weight excluding hydrogens is 359 g/mol.